The summed E-state index contributed by atoms with van der Waals surface area (Å²) in [5.74, 6) is -9.30. The maximum Gasteiger partial charge on any atom is 0.281 e. The van der Waals surface area contributed by atoms with E-state index in [-0.39, 0.29) is 5.75 Å². The van der Waals surface area contributed by atoms with E-state index in [4.69, 9.17) is 27.9 Å². The number of halogens is 8. The number of thioether (sulfide) groups is 2. The molecule has 0 saturated heterocycles. The number of amides is 2. The molecule has 8 nitrogen and oxygen atoms in total. The number of hydrogen-bond donors (Lipinski definition) is 1. The lowest BCUT2D eigenvalue weighted by atomic mass is 10.1. The van der Waals surface area contributed by atoms with Gasteiger partial charge in [0, 0.05) is 56.6 Å². The summed E-state index contributed by atoms with van der Waals surface area (Å²) in [4.78, 5) is 26.2. The molecule has 0 aromatic heterocycles. The van der Waals surface area contributed by atoms with Crippen LogP contribution in [0.5, 0.6) is 11.5 Å². The third-order valence-corrected chi connectivity index (χ3v) is 12.1. The van der Waals surface area contributed by atoms with Crippen LogP contribution in [-0.2, 0) is 0 Å². The molecule has 0 bridgehead atoms. The number of ether oxygens (including phenoxy) is 1. The van der Waals surface area contributed by atoms with E-state index in [0.717, 1.165) is 27.3 Å². The number of methoxy groups -OCH3 is 1. The minimum atomic E-state index is -1.34. The van der Waals surface area contributed by atoms with Crippen molar-refractivity contribution in [2.45, 2.75) is 17.7 Å². The average molecular weight is 926 g/mol. The second-order valence-corrected chi connectivity index (χ2v) is 16.4. The van der Waals surface area contributed by atoms with Gasteiger partial charge in [-0.05, 0) is 48.9 Å². The highest BCUT2D eigenvalue weighted by atomic mass is 35.5. The first-order valence-electron chi connectivity index (χ1n) is 18.0. The van der Waals surface area contributed by atoms with E-state index in [1.165, 1.54) is 24.9 Å². The van der Waals surface area contributed by atoms with Crippen LogP contribution in [0.25, 0.3) is 0 Å². The van der Waals surface area contributed by atoms with Crippen LogP contribution in [0, 0.1) is 41.8 Å². The van der Waals surface area contributed by atoms with E-state index >= 15 is 0 Å². The normalized spacial score (nSPS) is 15.8. The Kier molecular flexibility index (Phi) is 13.2. The first kappa shape index (κ1) is 44.1. The lowest BCUT2D eigenvalue weighted by Crippen LogP contribution is -2.28. The minimum absolute atomic E-state index is 0.0945. The zero-order valence-corrected chi connectivity index (χ0v) is 35.1. The number of benzene rings is 6. The van der Waals surface area contributed by atoms with Gasteiger partial charge in [0.2, 0.25) is 0 Å². The van der Waals surface area contributed by atoms with E-state index < -0.39 is 68.6 Å². The molecule has 0 radical (unpaired) electrons. The average Bonchev–Trinajstić information content (AvgIpc) is 3.87. The van der Waals surface area contributed by atoms with Gasteiger partial charge in [-0.3, -0.25) is 9.59 Å². The van der Waals surface area contributed by atoms with Gasteiger partial charge in [-0.25, -0.2) is 36.4 Å². The van der Waals surface area contributed by atoms with Gasteiger partial charge >= 0.3 is 0 Å². The van der Waals surface area contributed by atoms with Gasteiger partial charge in [0.1, 0.15) is 78.4 Å². The number of nitrogens with zero attached hydrogens (tertiary/aromatic N) is 4. The maximum atomic E-state index is 14.3. The van der Waals surface area contributed by atoms with E-state index in [0.29, 0.717) is 72.4 Å². The SMILES string of the molecule is COc1ccccc1C1SC(c2ccc(Cl)cc2)=NN1C(=O)c1c(F)cc(F)cc1F.Cc1ccc(C2SC(c3ccc(Cl)cc3)=NN2C(=O)c2c(F)cc(F)cc2F)c(O)c1. The molecule has 18 heteroatoms. The van der Waals surface area contributed by atoms with Gasteiger partial charge in [0.05, 0.1) is 7.11 Å². The van der Waals surface area contributed by atoms with E-state index in [1.807, 2.05) is 0 Å². The number of carbonyl (C=O) groups excluding carboxylic acids is 2. The van der Waals surface area contributed by atoms with E-state index in [9.17, 15) is 41.0 Å². The highest BCUT2D eigenvalue weighted by Gasteiger charge is 2.40. The van der Waals surface area contributed by atoms with Crippen LogP contribution in [0.2, 0.25) is 10.0 Å². The molecule has 316 valence electrons. The first-order chi connectivity index (χ1) is 29.6. The number of carbonyl (C=O) groups is 2. The summed E-state index contributed by atoms with van der Waals surface area (Å²) in [6, 6.07) is 27.0. The number of para-hydroxylation sites is 1. The Bertz CT molecular complexity index is 2740. The van der Waals surface area contributed by atoms with Crippen molar-refractivity contribution in [2.24, 2.45) is 10.2 Å². The van der Waals surface area contributed by atoms with Crippen LogP contribution in [0.4, 0.5) is 26.3 Å². The summed E-state index contributed by atoms with van der Waals surface area (Å²) in [5, 5.41) is 21.1. The van der Waals surface area contributed by atoms with Crippen LogP contribution in [-0.4, -0.2) is 44.1 Å². The fourth-order valence-electron chi connectivity index (χ4n) is 6.24. The molecule has 62 heavy (non-hydrogen) atoms. The fraction of sp³-hybridized carbons (Fsp3) is 0.0909. The predicted molar refractivity (Wildman–Crippen MR) is 227 cm³/mol. The molecule has 2 aliphatic rings. The summed E-state index contributed by atoms with van der Waals surface area (Å²) in [6.07, 6.45) is 0. The third kappa shape index (κ3) is 9.28. The number of aryl methyl sites for hydroxylation is 1. The summed E-state index contributed by atoms with van der Waals surface area (Å²) in [5.41, 5.74) is 1.18. The third-order valence-electron chi connectivity index (χ3n) is 9.18. The van der Waals surface area contributed by atoms with Gasteiger partial charge in [-0.15, -0.1) is 0 Å². The summed E-state index contributed by atoms with van der Waals surface area (Å²) in [7, 11) is 1.48. The van der Waals surface area contributed by atoms with Crippen molar-refractivity contribution < 1.29 is 45.8 Å². The molecule has 0 aliphatic carbocycles. The molecule has 6 aromatic carbocycles. The Morgan fingerprint density at radius 3 is 1.45 bits per heavy atom. The van der Waals surface area contributed by atoms with Crippen molar-refractivity contribution >= 4 is 68.6 Å². The Hall–Kier alpha value is -5.94. The smallest absolute Gasteiger partial charge is 0.281 e. The molecular formula is C44H28Cl2F6N4O4S2. The zero-order valence-electron chi connectivity index (χ0n) is 31.9. The summed E-state index contributed by atoms with van der Waals surface area (Å²) in [6.45, 7) is 1.78. The van der Waals surface area contributed by atoms with Crippen molar-refractivity contribution in [1.29, 1.82) is 0 Å². The number of hydrazone groups is 2. The van der Waals surface area contributed by atoms with Gasteiger partial charge in [0.25, 0.3) is 11.8 Å². The Morgan fingerprint density at radius 2 is 1.03 bits per heavy atom. The maximum absolute atomic E-state index is 14.3. The fourth-order valence-corrected chi connectivity index (χ4v) is 8.87. The van der Waals surface area contributed by atoms with Crippen LogP contribution in [0.1, 0.15) is 59.3 Å². The number of phenols is 1. The standard InChI is InChI=1S/2C22H14ClF3N2O2S/c1-11-2-7-15(18(29)8-11)22-28(21(30)19-16(25)9-14(24)10-17(19)26)27-20(31-22)12-3-5-13(23)6-4-12;1-30-18-5-3-2-4-15(18)22-28(21(29)19-16(25)10-14(24)11-17(19)26)27-20(31-22)12-6-8-13(23)9-7-12/h2-10,22,29H,1H3;2-11,22H,1H3. The molecular weight excluding hydrogens is 898 g/mol. The monoisotopic (exact) mass is 924 g/mol. The van der Waals surface area contributed by atoms with Gasteiger partial charge in [-0.2, -0.15) is 10.2 Å². The summed E-state index contributed by atoms with van der Waals surface area (Å²) >= 11 is 14.2. The highest BCUT2D eigenvalue weighted by Crippen LogP contribution is 2.47. The number of phenolic OH excluding ortho intramolecular Hbond substituents is 1. The lowest BCUT2D eigenvalue weighted by Gasteiger charge is -2.23. The molecule has 2 aliphatic heterocycles. The van der Waals surface area contributed by atoms with Gasteiger partial charge < -0.3 is 9.84 Å². The number of aromatic hydroxyl groups is 1. The highest BCUT2D eigenvalue weighted by molar-refractivity contribution is 8.15. The van der Waals surface area contributed by atoms with Crippen LogP contribution < -0.4 is 4.74 Å². The van der Waals surface area contributed by atoms with Gasteiger partial charge in [-0.1, -0.05) is 101 Å². The predicted octanol–water partition coefficient (Wildman–Crippen LogP) is 12.0. The van der Waals surface area contributed by atoms with Gasteiger partial charge in [0.15, 0.2) is 0 Å². The Morgan fingerprint density at radius 1 is 0.613 bits per heavy atom. The van der Waals surface area contributed by atoms with Crippen LogP contribution >= 0.6 is 46.7 Å². The molecule has 6 aromatic rings. The quantitative estimate of drug-likeness (QED) is 0.160. The molecule has 0 spiro atoms. The molecule has 2 atom stereocenters. The van der Waals surface area contributed by atoms with Crippen molar-refractivity contribution in [1.82, 2.24) is 10.0 Å². The molecule has 2 unspecified atom stereocenters. The topological polar surface area (TPSA) is 94.8 Å². The molecule has 0 saturated carbocycles. The van der Waals surface area contributed by atoms with Crippen molar-refractivity contribution in [3.8, 4) is 11.5 Å². The molecule has 0 fully saturated rings. The molecule has 2 amide bonds. The molecule has 2 heterocycles. The van der Waals surface area contributed by atoms with E-state index in [2.05, 4.69) is 10.2 Å². The first-order valence-corrected chi connectivity index (χ1v) is 20.6. The Labute approximate surface area is 368 Å². The zero-order chi connectivity index (χ0) is 44.4. The largest absolute Gasteiger partial charge is 0.508 e. The second-order valence-electron chi connectivity index (χ2n) is 13.4. The van der Waals surface area contributed by atoms with E-state index in [1.54, 1.807) is 91.9 Å². The van der Waals surface area contributed by atoms with Crippen molar-refractivity contribution in [2.75, 3.05) is 7.11 Å². The second kappa shape index (κ2) is 18.6. The van der Waals surface area contributed by atoms with Crippen molar-refractivity contribution in [3.05, 3.63) is 199 Å². The number of hydrogen-bond acceptors (Lipinski definition) is 8. The minimum Gasteiger partial charge on any atom is -0.508 e. The number of rotatable bonds is 7. The Balaban J connectivity index is 0.000000186. The van der Waals surface area contributed by atoms with Crippen LogP contribution in [0.3, 0.4) is 0 Å². The van der Waals surface area contributed by atoms with Crippen LogP contribution in [0.15, 0.2) is 125 Å². The summed E-state index contributed by atoms with van der Waals surface area (Å²) < 4.78 is 89.3. The molecule has 1 N–H and O–H groups in total. The lowest BCUT2D eigenvalue weighted by molar-refractivity contribution is 0.0730. The van der Waals surface area contributed by atoms with Crippen molar-refractivity contribution in [3.63, 3.8) is 0 Å². The molecule has 8 rings (SSSR count).